The minimum absolute atomic E-state index is 0.0695. The van der Waals surface area contributed by atoms with Gasteiger partial charge in [-0.3, -0.25) is 10.1 Å². The lowest BCUT2D eigenvalue weighted by molar-refractivity contribution is -0.384. The van der Waals surface area contributed by atoms with E-state index in [1.807, 2.05) is 0 Å². The van der Waals surface area contributed by atoms with E-state index in [1.54, 1.807) is 6.07 Å². The first-order chi connectivity index (χ1) is 9.56. The fourth-order valence-electron chi connectivity index (χ4n) is 1.67. The van der Waals surface area contributed by atoms with E-state index in [-0.39, 0.29) is 12.3 Å². The number of carbonyl (C=O) groups excluding carboxylic acids is 2. The summed E-state index contributed by atoms with van der Waals surface area (Å²) in [7, 11) is 0. The molecule has 0 spiro atoms. The van der Waals surface area contributed by atoms with Crippen molar-refractivity contribution in [2.75, 3.05) is 6.61 Å². The minimum atomic E-state index is -0.864. The Morgan fingerprint density at radius 2 is 2.30 bits per heavy atom. The van der Waals surface area contributed by atoms with E-state index in [4.69, 9.17) is 4.74 Å². The molecule has 20 heavy (non-hydrogen) atoms. The van der Waals surface area contributed by atoms with Crippen molar-refractivity contribution in [2.45, 2.75) is 12.5 Å². The summed E-state index contributed by atoms with van der Waals surface area (Å²) in [4.78, 5) is 32.7. The first-order valence-electron chi connectivity index (χ1n) is 5.86. The molecule has 1 fully saturated rings. The number of nitro benzene ring substituents is 1. The number of nitrogens with zero attached hydrogens (tertiary/aromatic N) is 1. The zero-order chi connectivity index (χ0) is 14.5. The van der Waals surface area contributed by atoms with Crippen molar-refractivity contribution in [1.82, 2.24) is 0 Å². The van der Waals surface area contributed by atoms with Gasteiger partial charge in [-0.15, -0.1) is 0 Å². The molecule has 104 valence electrons. The standard InChI is InChI=1S/C13H11NO6/c15-12(20-11-6-7-19-13(11)16)5-4-9-2-1-3-10(8-9)14(17)18/h1-5,8,11H,6-7H2/b5-4+/t11-/m0/s1. The number of non-ortho nitro benzene ring substituents is 1. The zero-order valence-corrected chi connectivity index (χ0v) is 10.4. The fourth-order valence-corrected chi connectivity index (χ4v) is 1.67. The van der Waals surface area contributed by atoms with Gasteiger partial charge in [0.15, 0.2) is 0 Å². The molecule has 1 atom stereocenters. The summed E-state index contributed by atoms with van der Waals surface area (Å²) in [6.45, 7) is 0.241. The number of cyclic esters (lactones) is 1. The Balaban J connectivity index is 1.98. The molecule has 1 aromatic rings. The molecule has 0 radical (unpaired) electrons. The van der Waals surface area contributed by atoms with Crippen LogP contribution in [0.1, 0.15) is 12.0 Å². The van der Waals surface area contributed by atoms with Crippen LogP contribution in [0, 0.1) is 10.1 Å². The average Bonchev–Trinajstić information content (AvgIpc) is 2.82. The number of benzene rings is 1. The highest BCUT2D eigenvalue weighted by Crippen LogP contribution is 2.15. The molecule has 7 nitrogen and oxygen atoms in total. The smallest absolute Gasteiger partial charge is 0.347 e. The third-order valence-electron chi connectivity index (χ3n) is 2.64. The van der Waals surface area contributed by atoms with Crippen molar-refractivity contribution in [2.24, 2.45) is 0 Å². The highest BCUT2D eigenvalue weighted by molar-refractivity contribution is 5.89. The van der Waals surface area contributed by atoms with Crippen molar-refractivity contribution in [3.05, 3.63) is 46.0 Å². The summed E-state index contributed by atoms with van der Waals surface area (Å²) in [5.74, 6) is -1.25. The molecule has 7 heteroatoms. The molecule has 0 unspecified atom stereocenters. The van der Waals surface area contributed by atoms with Gasteiger partial charge in [0.25, 0.3) is 5.69 Å². The Kier molecular flexibility index (Phi) is 4.09. The molecule has 1 aliphatic rings. The maximum absolute atomic E-state index is 11.5. The van der Waals surface area contributed by atoms with E-state index >= 15 is 0 Å². The molecule has 0 aromatic heterocycles. The molecular weight excluding hydrogens is 266 g/mol. The van der Waals surface area contributed by atoms with Crippen LogP contribution in [0.3, 0.4) is 0 Å². The number of rotatable bonds is 4. The lowest BCUT2D eigenvalue weighted by atomic mass is 10.2. The quantitative estimate of drug-likeness (QED) is 0.358. The molecule has 1 aliphatic heterocycles. The van der Waals surface area contributed by atoms with Gasteiger partial charge in [-0.2, -0.15) is 0 Å². The first-order valence-corrected chi connectivity index (χ1v) is 5.86. The molecule has 0 bridgehead atoms. The molecule has 1 heterocycles. The molecular formula is C13H11NO6. The number of nitro groups is 1. The van der Waals surface area contributed by atoms with Crippen LogP contribution < -0.4 is 0 Å². The van der Waals surface area contributed by atoms with Gasteiger partial charge in [0.05, 0.1) is 11.5 Å². The Hall–Kier alpha value is -2.70. The second-order valence-corrected chi connectivity index (χ2v) is 4.07. The van der Waals surface area contributed by atoms with Crippen molar-refractivity contribution in [3.63, 3.8) is 0 Å². The summed E-state index contributed by atoms with van der Waals surface area (Å²) < 4.78 is 9.54. The van der Waals surface area contributed by atoms with Crippen molar-refractivity contribution in [1.29, 1.82) is 0 Å². The normalized spacial score (nSPS) is 18.0. The van der Waals surface area contributed by atoms with Crippen LogP contribution in [-0.2, 0) is 19.1 Å². The van der Waals surface area contributed by atoms with Gasteiger partial charge < -0.3 is 9.47 Å². The maximum atomic E-state index is 11.5. The monoisotopic (exact) mass is 277 g/mol. The lowest BCUT2D eigenvalue weighted by Gasteiger charge is -2.04. The number of ether oxygens (including phenoxy) is 2. The summed E-state index contributed by atoms with van der Waals surface area (Å²) in [6, 6.07) is 5.80. The third kappa shape index (κ3) is 3.41. The van der Waals surface area contributed by atoms with Gasteiger partial charge in [0, 0.05) is 24.6 Å². The van der Waals surface area contributed by atoms with Gasteiger partial charge in [-0.05, 0) is 11.6 Å². The molecule has 0 amide bonds. The highest BCUT2D eigenvalue weighted by atomic mass is 16.6. The maximum Gasteiger partial charge on any atom is 0.347 e. The van der Waals surface area contributed by atoms with Gasteiger partial charge in [0.2, 0.25) is 6.10 Å². The Bertz CT molecular complexity index is 580. The van der Waals surface area contributed by atoms with Crippen LogP contribution in [0.2, 0.25) is 0 Å². The van der Waals surface area contributed by atoms with Crippen molar-refractivity contribution in [3.8, 4) is 0 Å². The predicted octanol–water partition coefficient (Wildman–Crippen LogP) is 1.47. The second kappa shape index (κ2) is 5.96. The molecule has 1 aromatic carbocycles. The van der Waals surface area contributed by atoms with E-state index in [2.05, 4.69) is 4.74 Å². The zero-order valence-electron chi connectivity index (χ0n) is 10.4. The van der Waals surface area contributed by atoms with Crippen molar-refractivity contribution >= 4 is 23.7 Å². The van der Waals surface area contributed by atoms with Gasteiger partial charge in [0.1, 0.15) is 0 Å². The first kappa shape index (κ1) is 13.7. The molecule has 2 rings (SSSR count). The minimum Gasteiger partial charge on any atom is -0.463 e. The summed E-state index contributed by atoms with van der Waals surface area (Å²) >= 11 is 0. The van der Waals surface area contributed by atoms with E-state index in [0.29, 0.717) is 12.0 Å². The molecule has 0 saturated carbocycles. The van der Waals surface area contributed by atoms with E-state index in [9.17, 15) is 19.7 Å². The van der Waals surface area contributed by atoms with Crippen LogP contribution in [0.4, 0.5) is 5.69 Å². The van der Waals surface area contributed by atoms with Gasteiger partial charge >= 0.3 is 11.9 Å². The fraction of sp³-hybridized carbons (Fsp3) is 0.231. The van der Waals surface area contributed by atoms with Gasteiger partial charge in [-0.1, -0.05) is 12.1 Å². The van der Waals surface area contributed by atoms with Crippen LogP contribution >= 0.6 is 0 Å². The number of hydrogen-bond donors (Lipinski definition) is 0. The predicted molar refractivity (Wildman–Crippen MR) is 67.6 cm³/mol. The largest absolute Gasteiger partial charge is 0.463 e. The Morgan fingerprint density at radius 3 is 2.95 bits per heavy atom. The topological polar surface area (TPSA) is 95.7 Å². The van der Waals surface area contributed by atoms with Crippen molar-refractivity contribution < 1.29 is 24.0 Å². The summed E-state index contributed by atoms with van der Waals surface area (Å²) in [5.41, 5.74) is 0.421. The number of hydrogen-bond acceptors (Lipinski definition) is 6. The second-order valence-electron chi connectivity index (χ2n) is 4.07. The van der Waals surface area contributed by atoms with E-state index in [0.717, 1.165) is 6.08 Å². The summed E-state index contributed by atoms with van der Waals surface area (Å²) in [6.07, 6.45) is 1.98. The van der Waals surface area contributed by atoms with Gasteiger partial charge in [-0.25, -0.2) is 9.59 Å². The Labute approximate surface area is 113 Å². The van der Waals surface area contributed by atoms with E-state index in [1.165, 1.54) is 24.3 Å². The molecule has 1 saturated heterocycles. The van der Waals surface area contributed by atoms with Crippen LogP contribution in [0.15, 0.2) is 30.3 Å². The number of carbonyl (C=O) groups is 2. The highest BCUT2D eigenvalue weighted by Gasteiger charge is 2.29. The number of esters is 2. The average molecular weight is 277 g/mol. The van der Waals surface area contributed by atoms with Crippen LogP contribution in [-0.4, -0.2) is 29.6 Å². The molecule has 0 N–H and O–H groups in total. The molecule has 0 aliphatic carbocycles. The SMILES string of the molecule is O=C(/C=C/c1cccc([N+](=O)[O-])c1)O[C@H]1CCOC1=O. The van der Waals surface area contributed by atoms with E-state index < -0.39 is 23.0 Å². The van der Waals surface area contributed by atoms with Crippen LogP contribution in [0.25, 0.3) is 6.08 Å². The van der Waals surface area contributed by atoms with Crippen LogP contribution in [0.5, 0.6) is 0 Å². The Morgan fingerprint density at radius 1 is 1.50 bits per heavy atom. The third-order valence-corrected chi connectivity index (χ3v) is 2.64. The summed E-state index contributed by atoms with van der Waals surface area (Å²) in [5, 5.41) is 10.6. The lowest BCUT2D eigenvalue weighted by Crippen LogP contribution is -2.21.